The molecule has 1 unspecified atom stereocenters. The minimum atomic E-state index is -0.926. The Morgan fingerprint density at radius 2 is 1.86 bits per heavy atom. The summed E-state index contributed by atoms with van der Waals surface area (Å²) in [6.07, 6.45) is 7.10. The van der Waals surface area contributed by atoms with Crippen LogP contribution in [-0.4, -0.2) is 46.4 Å². The SMILES string of the molecule is CC(C)(Oc1ccc(C2CC2(Cl)Cl)cc1)C(=O)NC[C@@H]1CCCN2CCCC[C@H]12. The molecule has 2 saturated heterocycles. The van der Waals surface area contributed by atoms with E-state index in [9.17, 15) is 4.79 Å². The Morgan fingerprint density at radius 3 is 2.55 bits per heavy atom. The van der Waals surface area contributed by atoms with Gasteiger partial charge in [0.1, 0.15) is 10.1 Å². The van der Waals surface area contributed by atoms with E-state index in [1.807, 2.05) is 38.1 Å². The first-order chi connectivity index (χ1) is 13.8. The highest BCUT2D eigenvalue weighted by molar-refractivity contribution is 6.51. The number of halogens is 2. The highest BCUT2D eigenvalue weighted by Gasteiger charge is 2.52. The third-order valence-corrected chi connectivity index (χ3v) is 7.62. The lowest BCUT2D eigenvalue weighted by Crippen LogP contribution is -2.53. The van der Waals surface area contributed by atoms with Crippen molar-refractivity contribution in [3.05, 3.63) is 29.8 Å². The van der Waals surface area contributed by atoms with Crippen LogP contribution in [0.2, 0.25) is 0 Å². The van der Waals surface area contributed by atoms with Gasteiger partial charge >= 0.3 is 0 Å². The van der Waals surface area contributed by atoms with Crippen molar-refractivity contribution in [2.45, 2.75) is 74.3 Å². The molecule has 3 aliphatic rings. The minimum absolute atomic E-state index is 0.0581. The molecular formula is C23H32Cl2N2O2. The molecule has 2 heterocycles. The molecular weight excluding hydrogens is 407 g/mol. The van der Waals surface area contributed by atoms with Crippen molar-refractivity contribution in [1.82, 2.24) is 10.2 Å². The Kier molecular flexibility index (Phi) is 6.07. The van der Waals surface area contributed by atoms with Gasteiger partial charge in [-0.2, -0.15) is 0 Å². The monoisotopic (exact) mass is 438 g/mol. The maximum absolute atomic E-state index is 12.9. The largest absolute Gasteiger partial charge is 0.478 e. The second-order valence-electron chi connectivity index (χ2n) is 9.41. The van der Waals surface area contributed by atoms with Crippen LogP contribution in [-0.2, 0) is 4.79 Å². The first-order valence-corrected chi connectivity index (χ1v) is 11.7. The number of hydrogen-bond donors (Lipinski definition) is 1. The lowest BCUT2D eigenvalue weighted by atomic mass is 9.83. The van der Waals surface area contributed by atoms with E-state index in [2.05, 4.69) is 10.2 Å². The van der Waals surface area contributed by atoms with E-state index in [0.717, 1.165) is 18.5 Å². The van der Waals surface area contributed by atoms with E-state index < -0.39 is 9.93 Å². The number of hydrogen-bond acceptors (Lipinski definition) is 3. The zero-order chi connectivity index (χ0) is 20.6. The number of piperidine rings is 2. The van der Waals surface area contributed by atoms with Crippen LogP contribution < -0.4 is 10.1 Å². The van der Waals surface area contributed by atoms with Crippen LogP contribution in [0.1, 0.15) is 63.9 Å². The first kappa shape index (κ1) is 21.3. The molecule has 3 atom stereocenters. The van der Waals surface area contributed by atoms with Crippen molar-refractivity contribution in [3.8, 4) is 5.75 Å². The van der Waals surface area contributed by atoms with Crippen molar-refractivity contribution in [2.24, 2.45) is 5.92 Å². The van der Waals surface area contributed by atoms with Gasteiger partial charge in [0, 0.05) is 18.5 Å². The molecule has 1 saturated carbocycles. The van der Waals surface area contributed by atoms with Gasteiger partial charge in [-0.3, -0.25) is 4.79 Å². The zero-order valence-electron chi connectivity index (χ0n) is 17.4. The molecule has 6 heteroatoms. The fourth-order valence-electron chi connectivity index (χ4n) is 4.94. The summed E-state index contributed by atoms with van der Waals surface area (Å²) in [4.78, 5) is 15.5. The van der Waals surface area contributed by atoms with Crippen LogP contribution in [0.15, 0.2) is 24.3 Å². The summed E-state index contributed by atoms with van der Waals surface area (Å²) in [6, 6.07) is 8.40. The lowest BCUT2D eigenvalue weighted by molar-refractivity contribution is -0.134. The number of ether oxygens (including phenoxy) is 1. The lowest BCUT2D eigenvalue weighted by Gasteiger charge is -2.44. The average Bonchev–Trinajstić information content (AvgIpc) is 3.34. The van der Waals surface area contributed by atoms with Gasteiger partial charge < -0.3 is 15.0 Å². The van der Waals surface area contributed by atoms with Crippen LogP contribution in [0.5, 0.6) is 5.75 Å². The molecule has 0 aromatic heterocycles. The molecule has 0 bridgehead atoms. The van der Waals surface area contributed by atoms with E-state index in [0.29, 0.717) is 17.7 Å². The molecule has 160 valence electrons. The molecule has 3 fully saturated rings. The Morgan fingerprint density at radius 1 is 1.17 bits per heavy atom. The molecule has 1 N–H and O–H groups in total. The molecule has 29 heavy (non-hydrogen) atoms. The van der Waals surface area contributed by atoms with E-state index >= 15 is 0 Å². The van der Waals surface area contributed by atoms with Crippen LogP contribution in [0.25, 0.3) is 0 Å². The van der Waals surface area contributed by atoms with Gasteiger partial charge in [-0.1, -0.05) is 18.6 Å². The number of carbonyl (C=O) groups is 1. The van der Waals surface area contributed by atoms with E-state index in [-0.39, 0.29) is 11.8 Å². The normalized spacial score (nSPS) is 29.0. The smallest absolute Gasteiger partial charge is 0.263 e. The third-order valence-electron chi connectivity index (χ3n) is 6.78. The van der Waals surface area contributed by atoms with Crippen LogP contribution in [0.3, 0.4) is 0 Å². The van der Waals surface area contributed by atoms with Gasteiger partial charge in [0.2, 0.25) is 0 Å². The van der Waals surface area contributed by atoms with Crippen molar-refractivity contribution in [1.29, 1.82) is 0 Å². The molecule has 0 spiro atoms. The second kappa shape index (κ2) is 8.28. The van der Waals surface area contributed by atoms with Crippen molar-refractivity contribution in [3.63, 3.8) is 0 Å². The summed E-state index contributed by atoms with van der Waals surface area (Å²) in [5.74, 6) is 1.36. The van der Waals surface area contributed by atoms with Gasteiger partial charge in [0.15, 0.2) is 5.60 Å². The fraction of sp³-hybridized carbons (Fsp3) is 0.696. The zero-order valence-corrected chi connectivity index (χ0v) is 18.9. The van der Waals surface area contributed by atoms with E-state index in [4.69, 9.17) is 27.9 Å². The highest BCUT2D eigenvalue weighted by atomic mass is 35.5. The number of alkyl halides is 2. The fourth-order valence-corrected chi connectivity index (χ4v) is 5.50. The standard InChI is InChI=1S/C23H32Cl2N2O2/c1-22(2,29-18-10-8-16(9-11-18)19-14-23(19,24)25)21(28)26-15-17-6-5-13-27-12-4-3-7-20(17)27/h8-11,17,19-20H,3-7,12-15H2,1-2H3,(H,26,28)/t17-,19?,20+/m0/s1. The Bertz CT molecular complexity index is 733. The maximum atomic E-state index is 12.9. The molecule has 4 rings (SSSR count). The van der Waals surface area contributed by atoms with Gasteiger partial charge in [0.05, 0.1) is 0 Å². The maximum Gasteiger partial charge on any atom is 0.263 e. The van der Waals surface area contributed by atoms with Crippen LogP contribution in [0.4, 0.5) is 0 Å². The first-order valence-electron chi connectivity index (χ1n) is 11.0. The summed E-state index contributed by atoms with van der Waals surface area (Å²) in [5.41, 5.74) is 0.184. The number of nitrogens with zero attached hydrogens (tertiary/aromatic N) is 1. The van der Waals surface area contributed by atoms with Crippen molar-refractivity contribution >= 4 is 29.1 Å². The number of carbonyl (C=O) groups excluding carboxylic acids is 1. The summed E-state index contributed by atoms with van der Waals surface area (Å²) >= 11 is 12.3. The topological polar surface area (TPSA) is 41.6 Å². The molecule has 4 nitrogen and oxygen atoms in total. The number of nitrogens with one attached hydrogen (secondary N) is 1. The molecule has 1 amide bonds. The molecule has 2 aliphatic heterocycles. The predicted octanol–water partition coefficient (Wildman–Crippen LogP) is 4.89. The second-order valence-corrected chi connectivity index (χ2v) is 11.0. The summed E-state index contributed by atoms with van der Waals surface area (Å²) < 4.78 is 5.40. The van der Waals surface area contributed by atoms with E-state index in [1.54, 1.807) is 0 Å². The molecule has 0 radical (unpaired) electrons. The quantitative estimate of drug-likeness (QED) is 0.642. The van der Waals surface area contributed by atoms with Gasteiger partial charge in [0.25, 0.3) is 5.91 Å². The summed E-state index contributed by atoms with van der Waals surface area (Å²) in [6.45, 7) is 6.83. The number of benzene rings is 1. The van der Waals surface area contributed by atoms with E-state index in [1.165, 1.54) is 45.2 Å². The van der Waals surface area contributed by atoms with Crippen molar-refractivity contribution < 1.29 is 9.53 Å². The van der Waals surface area contributed by atoms with Gasteiger partial charge in [-0.05, 0) is 82.7 Å². The van der Waals surface area contributed by atoms with Crippen LogP contribution >= 0.6 is 23.2 Å². The summed E-state index contributed by atoms with van der Waals surface area (Å²) in [7, 11) is 0. The Balaban J connectivity index is 1.30. The Labute approximate surface area is 184 Å². The predicted molar refractivity (Wildman–Crippen MR) is 118 cm³/mol. The average molecular weight is 439 g/mol. The van der Waals surface area contributed by atoms with Gasteiger partial charge in [-0.25, -0.2) is 0 Å². The molecule has 1 aromatic rings. The minimum Gasteiger partial charge on any atom is -0.478 e. The molecule has 1 aromatic carbocycles. The highest BCUT2D eigenvalue weighted by Crippen LogP contribution is 2.59. The number of fused-ring (bicyclic) bond motifs is 1. The van der Waals surface area contributed by atoms with Crippen molar-refractivity contribution in [2.75, 3.05) is 19.6 Å². The third kappa shape index (κ3) is 4.86. The van der Waals surface area contributed by atoms with Gasteiger partial charge in [-0.15, -0.1) is 23.2 Å². The van der Waals surface area contributed by atoms with Crippen LogP contribution in [0, 0.1) is 5.92 Å². The molecule has 1 aliphatic carbocycles. The summed E-state index contributed by atoms with van der Waals surface area (Å²) in [5, 5.41) is 3.17. The number of rotatable bonds is 6. The Hall–Kier alpha value is -0.970. The number of amides is 1.